The van der Waals surface area contributed by atoms with Crippen LogP contribution in [0.5, 0.6) is 23.1 Å². The fourth-order valence-electron chi connectivity index (χ4n) is 2.92. The molecular weight excluding hydrogens is 398 g/mol. The first-order valence-corrected chi connectivity index (χ1v) is 9.85. The molecule has 8 heteroatoms. The van der Waals surface area contributed by atoms with Crippen LogP contribution in [-0.4, -0.2) is 50.1 Å². The minimum atomic E-state index is -0.281. The molecule has 0 atom stereocenters. The Labute approximate surface area is 181 Å². The van der Waals surface area contributed by atoms with Crippen molar-refractivity contribution in [1.29, 1.82) is 0 Å². The number of ether oxygens (including phenoxy) is 4. The molecule has 0 aliphatic rings. The Balaban J connectivity index is 1.50. The van der Waals surface area contributed by atoms with Gasteiger partial charge in [-0.2, -0.15) is 0 Å². The Hall–Kier alpha value is -3.81. The van der Waals surface area contributed by atoms with Gasteiger partial charge in [-0.15, -0.1) is 10.2 Å². The fourth-order valence-corrected chi connectivity index (χ4v) is 2.92. The highest BCUT2D eigenvalue weighted by atomic mass is 16.5. The van der Waals surface area contributed by atoms with Gasteiger partial charge in [0.1, 0.15) is 12.4 Å². The molecule has 0 aliphatic heterocycles. The van der Waals surface area contributed by atoms with Crippen molar-refractivity contribution in [3.63, 3.8) is 0 Å². The molecule has 1 amide bonds. The number of carbonyl (C=O) groups excluding carboxylic acids is 1. The number of hydrogen-bond donors (Lipinski definition) is 1. The van der Waals surface area contributed by atoms with E-state index in [2.05, 4.69) is 15.5 Å². The Morgan fingerprint density at radius 2 is 1.74 bits per heavy atom. The van der Waals surface area contributed by atoms with Gasteiger partial charge in [-0.05, 0) is 49.4 Å². The van der Waals surface area contributed by atoms with Gasteiger partial charge in [-0.25, -0.2) is 0 Å². The molecule has 162 valence electrons. The van der Waals surface area contributed by atoms with Crippen molar-refractivity contribution in [3.05, 3.63) is 60.2 Å². The lowest BCUT2D eigenvalue weighted by molar-refractivity contribution is 0.0943. The number of methoxy groups -OCH3 is 2. The summed E-state index contributed by atoms with van der Waals surface area (Å²) in [5.41, 5.74) is 2.05. The zero-order valence-corrected chi connectivity index (χ0v) is 17.8. The molecule has 0 fully saturated rings. The van der Waals surface area contributed by atoms with E-state index in [1.165, 1.54) is 14.2 Å². The van der Waals surface area contributed by atoms with Gasteiger partial charge >= 0.3 is 0 Å². The summed E-state index contributed by atoms with van der Waals surface area (Å²) in [4.78, 5) is 12.4. The van der Waals surface area contributed by atoms with E-state index in [0.29, 0.717) is 36.1 Å². The summed E-state index contributed by atoms with van der Waals surface area (Å²) in [6.45, 7) is 3.11. The molecule has 0 unspecified atom stereocenters. The predicted octanol–water partition coefficient (Wildman–Crippen LogP) is 3.37. The topological polar surface area (TPSA) is 91.8 Å². The summed E-state index contributed by atoms with van der Waals surface area (Å²) in [5.74, 6) is 1.79. The van der Waals surface area contributed by atoms with Crippen LogP contribution in [-0.2, 0) is 0 Å². The van der Waals surface area contributed by atoms with Gasteiger partial charge in [0.25, 0.3) is 5.91 Å². The van der Waals surface area contributed by atoms with Gasteiger partial charge in [-0.1, -0.05) is 6.07 Å². The van der Waals surface area contributed by atoms with E-state index in [-0.39, 0.29) is 12.5 Å². The van der Waals surface area contributed by atoms with Crippen LogP contribution < -0.4 is 24.3 Å². The van der Waals surface area contributed by atoms with E-state index in [9.17, 15) is 4.79 Å². The molecule has 0 aliphatic carbocycles. The van der Waals surface area contributed by atoms with E-state index in [1.54, 1.807) is 24.3 Å². The Morgan fingerprint density at radius 1 is 0.935 bits per heavy atom. The number of nitrogens with zero attached hydrogens (tertiary/aromatic N) is 2. The zero-order chi connectivity index (χ0) is 22.1. The smallest absolute Gasteiger partial charge is 0.255 e. The lowest BCUT2D eigenvalue weighted by Gasteiger charge is -2.12. The summed E-state index contributed by atoms with van der Waals surface area (Å²) < 4.78 is 21.5. The molecular formula is C23H25N3O5. The first kappa shape index (κ1) is 21.9. The van der Waals surface area contributed by atoms with Crippen LogP contribution in [0.15, 0.2) is 54.6 Å². The van der Waals surface area contributed by atoms with E-state index < -0.39 is 0 Å². The second-order valence-corrected chi connectivity index (χ2v) is 6.36. The number of hydrogen-bond acceptors (Lipinski definition) is 7. The molecule has 0 bridgehead atoms. The standard InChI is InChI=1S/C23H25N3O5/c1-4-30-17-10-8-16(9-11-17)19-12-13-21(26-25-19)31-15-14-24-23(27)18-6-5-7-20(28-2)22(18)29-3/h5-13H,4,14-15H2,1-3H3,(H,24,27). The van der Waals surface area contributed by atoms with Crippen molar-refractivity contribution >= 4 is 5.91 Å². The predicted molar refractivity (Wildman–Crippen MR) is 116 cm³/mol. The van der Waals surface area contributed by atoms with Gasteiger partial charge in [0.2, 0.25) is 5.88 Å². The van der Waals surface area contributed by atoms with Crippen molar-refractivity contribution in [1.82, 2.24) is 15.5 Å². The van der Waals surface area contributed by atoms with E-state index in [0.717, 1.165) is 17.0 Å². The summed E-state index contributed by atoms with van der Waals surface area (Å²) in [7, 11) is 3.02. The highest BCUT2D eigenvalue weighted by Crippen LogP contribution is 2.30. The average Bonchev–Trinajstić information content (AvgIpc) is 2.82. The van der Waals surface area contributed by atoms with Crippen LogP contribution in [0.4, 0.5) is 0 Å². The number of benzene rings is 2. The molecule has 0 saturated carbocycles. The number of para-hydroxylation sites is 1. The molecule has 1 aromatic heterocycles. The van der Waals surface area contributed by atoms with Crippen molar-refractivity contribution in [3.8, 4) is 34.4 Å². The second-order valence-electron chi connectivity index (χ2n) is 6.36. The summed E-state index contributed by atoms with van der Waals surface area (Å²) in [5, 5.41) is 11.1. The first-order valence-electron chi connectivity index (χ1n) is 9.85. The molecule has 0 radical (unpaired) electrons. The Kier molecular flexibility index (Phi) is 7.64. The lowest BCUT2D eigenvalue weighted by atomic mass is 10.1. The number of carbonyl (C=O) groups is 1. The van der Waals surface area contributed by atoms with E-state index in [1.807, 2.05) is 37.3 Å². The Morgan fingerprint density at radius 3 is 2.39 bits per heavy atom. The van der Waals surface area contributed by atoms with Crippen molar-refractivity contribution in [2.24, 2.45) is 0 Å². The number of rotatable bonds is 10. The third kappa shape index (κ3) is 5.63. The fraction of sp³-hybridized carbons (Fsp3) is 0.261. The van der Waals surface area contributed by atoms with Crippen molar-refractivity contribution < 1.29 is 23.7 Å². The quantitative estimate of drug-likeness (QED) is 0.500. The highest BCUT2D eigenvalue weighted by molar-refractivity contribution is 5.97. The number of aromatic nitrogens is 2. The van der Waals surface area contributed by atoms with Crippen LogP contribution in [0, 0.1) is 0 Å². The average molecular weight is 423 g/mol. The van der Waals surface area contributed by atoms with Gasteiger partial charge in [0.05, 0.1) is 38.6 Å². The second kappa shape index (κ2) is 10.8. The van der Waals surface area contributed by atoms with Crippen LogP contribution in [0.2, 0.25) is 0 Å². The molecule has 0 saturated heterocycles. The van der Waals surface area contributed by atoms with Gasteiger partial charge < -0.3 is 24.3 Å². The molecule has 2 aromatic carbocycles. The third-order valence-electron chi connectivity index (χ3n) is 4.39. The number of nitrogens with one attached hydrogen (secondary N) is 1. The van der Waals surface area contributed by atoms with Gasteiger partial charge in [0, 0.05) is 11.6 Å². The zero-order valence-electron chi connectivity index (χ0n) is 17.8. The third-order valence-corrected chi connectivity index (χ3v) is 4.39. The lowest BCUT2D eigenvalue weighted by Crippen LogP contribution is -2.28. The molecule has 31 heavy (non-hydrogen) atoms. The van der Waals surface area contributed by atoms with Crippen LogP contribution in [0.25, 0.3) is 11.3 Å². The first-order chi connectivity index (χ1) is 15.2. The van der Waals surface area contributed by atoms with Crippen LogP contribution in [0.1, 0.15) is 17.3 Å². The molecule has 1 heterocycles. The van der Waals surface area contributed by atoms with Crippen LogP contribution in [0.3, 0.4) is 0 Å². The normalized spacial score (nSPS) is 10.3. The minimum absolute atomic E-state index is 0.245. The van der Waals surface area contributed by atoms with Gasteiger partial charge in [0.15, 0.2) is 11.5 Å². The number of amides is 1. The summed E-state index contributed by atoms with van der Waals surface area (Å²) in [6.07, 6.45) is 0. The molecule has 3 aromatic rings. The largest absolute Gasteiger partial charge is 0.494 e. The maximum absolute atomic E-state index is 12.4. The molecule has 1 N–H and O–H groups in total. The maximum Gasteiger partial charge on any atom is 0.255 e. The Bertz CT molecular complexity index is 991. The maximum atomic E-state index is 12.4. The summed E-state index contributed by atoms with van der Waals surface area (Å²) >= 11 is 0. The summed E-state index contributed by atoms with van der Waals surface area (Å²) in [6, 6.07) is 16.3. The van der Waals surface area contributed by atoms with Crippen LogP contribution >= 0.6 is 0 Å². The van der Waals surface area contributed by atoms with Crippen molar-refractivity contribution in [2.45, 2.75) is 6.92 Å². The van der Waals surface area contributed by atoms with Crippen molar-refractivity contribution in [2.75, 3.05) is 34.0 Å². The van der Waals surface area contributed by atoms with E-state index >= 15 is 0 Å². The van der Waals surface area contributed by atoms with Gasteiger partial charge in [-0.3, -0.25) is 4.79 Å². The highest BCUT2D eigenvalue weighted by Gasteiger charge is 2.15. The molecule has 0 spiro atoms. The van der Waals surface area contributed by atoms with E-state index in [4.69, 9.17) is 18.9 Å². The molecule has 3 rings (SSSR count). The monoisotopic (exact) mass is 423 g/mol. The molecule has 8 nitrogen and oxygen atoms in total. The SMILES string of the molecule is CCOc1ccc(-c2ccc(OCCNC(=O)c3cccc(OC)c3OC)nn2)cc1. The minimum Gasteiger partial charge on any atom is -0.494 e.